The van der Waals surface area contributed by atoms with Gasteiger partial charge in [-0.3, -0.25) is 14.5 Å². The van der Waals surface area contributed by atoms with Gasteiger partial charge in [0.25, 0.3) is 5.91 Å². The Balaban J connectivity index is 1.45. The molecule has 1 aliphatic rings. The molecule has 1 aromatic carbocycles. The zero-order chi connectivity index (χ0) is 18.8. The maximum atomic E-state index is 13.0. The number of aromatic amines is 1. The Bertz CT molecular complexity index is 927. The molecule has 3 aromatic rings. The molecule has 0 spiro atoms. The number of imidazole rings is 1. The van der Waals surface area contributed by atoms with Crippen molar-refractivity contribution in [2.75, 3.05) is 11.9 Å². The zero-order valence-electron chi connectivity index (χ0n) is 14.3. The molecule has 1 amide bonds. The van der Waals surface area contributed by atoms with Gasteiger partial charge in [-0.2, -0.15) is 13.9 Å². The lowest BCUT2D eigenvalue weighted by Crippen LogP contribution is -2.13. The van der Waals surface area contributed by atoms with Gasteiger partial charge < -0.3 is 10.6 Å². The van der Waals surface area contributed by atoms with Crippen molar-refractivity contribution in [1.82, 2.24) is 25.1 Å². The number of rotatable bonds is 5. The summed E-state index contributed by atoms with van der Waals surface area (Å²) in [5, 5.41) is 13.1. The molecule has 9 heteroatoms. The lowest BCUT2D eigenvalue weighted by molar-refractivity contribution is 0.0720. The predicted octanol–water partition coefficient (Wildman–Crippen LogP) is 3.35. The summed E-state index contributed by atoms with van der Waals surface area (Å²) in [6.45, 7) is -1.70. The third-order valence-electron chi connectivity index (χ3n) is 4.55. The van der Waals surface area contributed by atoms with Crippen LogP contribution in [-0.4, -0.2) is 32.2 Å². The first-order valence-electron chi connectivity index (χ1n) is 8.63. The van der Waals surface area contributed by atoms with Crippen LogP contribution in [0, 0.1) is 0 Å². The van der Waals surface area contributed by atoms with E-state index in [0.29, 0.717) is 16.9 Å². The van der Waals surface area contributed by atoms with Crippen molar-refractivity contribution in [2.45, 2.75) is 25.4 Å². The maximum absolute atomic E-state index is 13.0. The van der Waals surface area contributed by atoms with Crippen LogP contribution in [0.2, 0.25) is 0 Å². The molecule has 140 valence electrons. The second kappa shape index (κ2) is 7.28. The molecule has 1 fully saturated rings. The third kappa shape index (κ3) is 3.59. The van der Waals surface area contributed by atoms with Gasteiger partial charge in [-0.05, 0) is 49.7 Å². The quantitative estimate of drug-likeness (QED) is 0.641. The van der Waals surface area contributed by atoms with E-state index in [1.807, 2.05) is 0 Å². The number of nitrogens with zero attached hydrogens (tertiary/aromatic N) is 3. The van der Waals surface area contributed by atoms with Crippen molar-refractivity contribution in [3.05, 3.63) is 54.1 Å². The third-order valence-corrected chi connectivity index (χ3v) is 4.55. The minimum Gasteiger partial charge on any atom is -0.321 e. The van der Waals surface area contributed by atoms with Gasteiger partial charge in [-0.15, -0.1) is 0 Å². The summed E-state index contributed by atoms with van der Waals surface area (Å²) in [6, 6.07) is 8.50. The van der Waals surface area contributed by atoms with Crippen LogP contribution in [0.15, 0.2) is 42.7 Å². The van der Waals surface area contributed by atoms with Gasteiger partial charge in [0, 0.05) is 29.7 Å². The fraction of sp³-hybridized carbons (Fsp3) is 0.278. The largest absolute Gasteiger partial charge is 0.321 e. The SMILES string of the molecule is O=C(Nc1ccc(-c2nccn2C(F)F)cc1)c1cc(C2CCCN2)[nH]n1. The Labute approximate surface area is 153 Å². The fourth-order valence-electron chi connectivity index (χ4n) is 3.17. The Kier molecular flexibility index (Phi) is 4.68. The number of amides is 1. The average molecular weight is 372 g/mol. The number of hydrogen-bond donors (Lipinski definition) is 3. The number of alkyl halides is 2. The van der Waals surface area contributed by atoms with Gasteiger partial charge in [-0.1, -0.05) is 0 Å². The zero-order valence-corrected chi connectivity index (χ0v) is 14.3. The molecular weight excluding hydrogens is 354 g/mol. The van der Waals surface area contributed by atoms with E-state index in [1.54, 1.807) is 30.3 Å². The molecule has 0 saturated carbocycles. The summed E-state index contributed by atoms with van der Waals surface area (Å²) in [7, 11) is 0. The Morgan fingerprint density at radius 1 is 1.30 bits per heavy atom. The molecule has 1 atom stereocenters. The summed E-state index contributed by atoms with van der Waals surface area (Å²) in [4.78, 5) is 16.3. The molecule has 2 aromatic heterocycles. The van der Waals surface area contributed by atoms with Gasteiger partial charge in [0.1, 0.15) is 5.82 Å². The maximum Gasteiger partial charge on any atom is 0.320 e. The van der Waals surface area contributed by atoms with Crippen molar-refractivity contribution in [1.29, 1.82) is 0 Å². The molecule has 7 nitrogen and oxygen atoms in total. The van der Waals surface area contributed by atoms with Crippen LogP contribution < -0.4 is 10.6 Å². The lowest BCUT2D eigenvalue weighted by Gasteiger charge is -2.08. The molecule has 27 heavy (non-hydrogen) atoms. The van der Waals surface area contributed by atoms with Crippen molar-refractivity contribution in [3.63, 3.8) is 0 Å². The molecule has 1 aliphatic heterocycles. The number of nitrogens with one attached hydrogen (secondary N) is 3. The van der Waals surface area contributed by atoms with Gasteiger partial charge in [-0.25, -0.2) is 4.98 Å². The van der Waals surface area contributed by atoms with Crippen LogP contribution in [-0.2, 0) is 0 Å². The Morgan fingerprint density at radius 2 is 2.11 bits per heavy atom. The van der Waals surface area contributed by atoms with Gasteiger partial charge >= 0.3 is 6.55 Å². The Morgan fingerprint density at radius 3 is 2.81 bits per heavy atom. The highest BCUT2D eigenvalue weighted by Gasteiger charge is 2.20. The highest BCUT2D eigenvalue weighted by molar-refractivity contribution is 6.03. The van der Waals surface area contributed by atoms with E-state index in [2.05, 4.69) is 25.8 Å². The number of carbonyl (C=O) groups excluding carboxylic acids is 1. The van der Waals surface area contributed by atoms with E-state index >= 15 is 0 Å². The molecule has 3 heterocycles. The van der Waals surface area contributed by atoms with Crippen molar-refractivity contribution in [2.24, 2.45) is 0 Å². The van der Waals surface area contributed by atoms with Crippen LogP contribution in [0.25, 0.3) is 11.4 Å². The molecule has 1 saturated heterocycles. The first-order valence-corrected chi connectivity index (χ1v) is 8.63. The number of H-pyrrole nitrogens is 1. The topological polar surface area (TPSA) is 87.6 Å². The first kappa shape index (κ1) is 17.3. The number of halogens is 2. The van der Waals surface area contributed by atoms with Gasteiger partial charge in [0.05, 0.1) is 5.69 Å². The Hall–Kier alpha value is -3.07. The van der Waals surface area contributed by atoms with Crippen LogP contribution in [0.1, 0.15) is 41.6 Å². The predicted molar refractivity (Wildman–Crippen MR) is 95.4 cm³/mol. The number of anilines is 1. The molecule has 0 aliphatic carbocycles. The molecule has 0 radical (unpaired) electrons. The van der Waals surface area contributed by atoms with E-state index in [9.17, 15) is 13.6 Å². The summed E-state index contributed by atoms with van der Waals surface area (Å²) < 4.78 is 26.7. The minimum absolute atomic E-state index is 0.170. The summed E-state index contributed by atoms with van der Waals surface area (Å²) >= 11 is 0. The summed E-state index contributed by atoms with van der Waals surface area (Å²) in [5.74, 6) is -0.166. The summed E-state index contributed by atoms with van der Waals surface area (Å²) in [5.41, 5.74) is 2.28. The smallest absolute Gasteiger partial charge is 0.320 e. The first-order chi connectivity index (χ1) is 13.1. The number of benzene rings is 1. The van der Waals surface area contributed by atoms with Gasteiger partial charge in [0.15, 0.2) is 5.69 Å². The average Bonchev–Trinajstić information content (AvgIpc) is 3.42. The second-order valence-electron chi connectivity index (χ2n) is 6.32. The molecule has 4 rings (SSSR count). The van der Waals surface area contributed by atoms with E-state index in [-0.39, 0.29) is 17.8 Å². The molecule has 0 bridgehead atoms. The number of carbonyl (C=O) groups is 1. The fourth-order valence-corrected chi connectivity index (χ4v) is 3.17. The second-order valence-corrected chi connectivity index (χ2v) is 6.32. The van der Waals surface area contributed by atoms with Crippen molar-refractivity contribution < 1.29 is 13.6 Å². The number of hydrogen-bond acceptors (Lipinski definition) is 4. The van der Waals surface area contributed by atoms with Crippen molar-refractivity contribution in [3.8, 4) is 11.4 Å². The molecular formula is C18H18F2N6O. The normalized spacial score (nSPS) is 16.8. The van der Waals surface area contributed by atoms with Crippen LogP contribution in [0.5, 0.6) is 0 Å². The van der Waals surface area contributed by atoms with Gasteiger partial charge in [0.2, 0.25) is 0 Å². The molecule has 1 unspecified atom stereocenters. The number of aromatic nitrogens is 4. The van der Waals surface area contributed by atoms with Crippen LogP contribution in [0.3, 0.4) is 0 Å². The van der Waals surface area contributed by atoms with E-state index < -0.39 is 6.55 Å². The van der Waals surface area contributed by atoms with E-state index in [1.165, 1.54) is 12.4 Å². The summed E-state index contributed by atoms with van der Waals surface area (Å²) in [6.07, 6.45) is 4.66. The van der Waals surface area contributed by atoms with Crippen LogP contribution in [0.4, 0.5) is 14.5 Å². The van der Waals surface area contributed by atoms with E-state index in [0.717, 1.165) is 29.6 Å². The van der Waals surface area contributed by atoms with Crippen molar-refractivity contribution >= 4 is 11.6 Å². The highest BCUT2D eigenvalue weighted by atomic mass is 19.3. The van der Waals surface area contributed by atoms with Crippen LogP contribution >= 0.6 is 0 Å². The van der Waals surface area contributed by atoms with E-state index in [4.69, 9.17) is 0 Å². The molecule has 3 N–H and O–H groups in total. The lowest BCUT2D eigenvalue weighted by atomic mass is 10.1. The highest BCUT2D eigenvalue weighted by Crippen LogP contribution is 2.25. The standard InChI is InChI=1S/C18H18F2N6O/c19-18(20)26-9-8-22-16(26)11-3-5-12(6-4-11)23-17(27)15-10-14(24-25-15)13-2-1-7-21-13/h3-6,8-10,13,18,21H,1-2,7H2,(H,23,27)(H,24,25). The monoisotopic (exact) mass is 372 g/mol. The minimum atomic E-state index is -2.66.